The molecule has 0 amide bonds. The Labute approximate surface area is 124 Å². The molecule has 2 saturated heterocycles. The van der Waals surface area contributed by atoms with Gasteiger partial charge in [0.2, 0.25) is 0 Å². The molecule has 4 aliphatic rings. The molecule has 2 saturated carbocycles. The van der Waals surface area contributed by atoms with Crippen LogP contribution in [0.5, 0.6) is 0 Å². The van der Waals surface area contributed by atoms with Gasteiger partial charge in [0.05, 0.1) is 0 Å². The van der Waals surface area contributed by atoms with Crippen molar-refractivity contribution < 1.29 is 0 Å². The van der Waals surface area contributed by atoms with Crippen LogP contribution in [0.4, 0.5) is 0 Å². The van der Waals surface area contributed by atoms with Gasteiger partial charge in [0.25, 0.3) is 0 Å². The van der Waals surface area contributed by atoms with Crippen LogP contribution >= 0.6 is 0 Å². The molecule has 2 aliphatic carbocycles. The Morgan fingerprint density at radius 1 is 1.05 bits per heavy atom. The minimum Gasteiger partial charge on any atom is -0.302 e. The zero-order chi connectivity index (χ0) is 14.2. The molecule has 4 fully saturated rings. The van der Waals surface area contributed by atoms with Crippen molar-refractivity contribution in [2.24, 2.45) is 10.8 Å². The highest BCUT2D eigenvalue weighted by Gasteiger charge is 2.66. The Balaban J connectivity index is 1.38. The number of piperidine rings is 1. The van der Waals surface area contributed by atoms with Gasteiger partial charge >= 0.3 is 0 Å². The van der Waals surface area contributed by atoms with Crippen LogP contribution < -0.4 is 0 Å². The molecule has 2 nitrogen and oxygen atoms in total. The van der Waals surface area contributed by atoms with E-state index >= 15 is 0 Å². The molecule has 0 unspecified atom stereocenters. The molecule has 2 aliphatic heterocycles. The van der Waals surface area contributed by atoms with Gasteiger partial charge in [-0.25, -0.2) is 0 Å². The van der Waals surface area contributed by atoms with Crippen LogP contribution in [-0.2, 0) is 0 Å². The van der Waals surface area contributed by atoms with Gasteiger partial charge in [0.1, 0.15) is 0 Å². The fourth-order valence-electron chi connectivity index (χ4n) is 6.20. The third kappa shape index (κ3) is 1.90. The summed E-state index contributed by atoms with van der Waals surface area (Å²) in [5, 5.41) is 0. The molecule has 0 aromatic rings. The normalized spacial score (nSPS) is 43.8. The number of fused-ring (bicyclic) bond motifs is 1. The molecule has 2 heteroatoms. The highest BCUT2D eigenvalue weighted by atomic mass is 15.3. The Bertz CT molecular complexity index is 396. The number of likely N-dealkylation sites (tertiary alicyclic amines) is 2. The first-order chi connectivity index (χ1) is 9.34. The van der Waals surface area contributed by atoms with Crippen molar-refractivity contribution in [2.75, 3.05) is 19.6 Å². The fraction of sp³-hybridized carbons (Fsp3) is 1.00. The maximum absolute atomic E-state index is 2.82. The topological polar surface area (TPSA) is 6.48 Å². The molecule has 20 heavy (non-hydrogen) atoms. The minimum absolute atomic E-state index is 0.351. The molecule has 0 N–H and O–H groups in total. The second-order valence-electron chi connectivity index (χ2n) is 9.57. The summed E-state index contributed by atoms with van der Waals surface area (Å²) in [7, 11) is 0. The van der Waals surface area contributed by atoms with E-state index in [2.05, 4.69) is 37.5 Å². The summed E-state index contributed by atoms with van der Waals surface area (Å²) in [5.41, 5.74) is 1.80. The van der Waals surface area contributed by atoms with E-state index in [1.165, 1.54) is 58.2 Å². The third-order valence-corrected chi connectivity index (χ3v) is 6.75. The van der Waals surface area contributed by atoms with Crippen LogP contribution in [0.2, 0.25) is 0 Å². The van der Waals surface area contributed by atoms with Gasteiger partial charge in [-0.15, -0.1) is 0 Å². The van der Waals surface area contributed by atoms with E-state index in [9.17, 15) is 0 Å². The average molecular weight is 276 g/mol. The van der Waals surface area contributed by atoms with E-state index in [0.717, 1.165) is 17.5 Å². The molecule has 0 bridgehead atoms. The van der Waals surface area contributed by atoms with E-state index in [-0.39, 0.29) is 0 Å². The maximum Gasteiger partial charge on any atom is 0.0179 e. The number of hydrogen-bond donors (Lipinski definition) is 0. The summed E-state index contributed by atoms with van der Waals surface area (Å²) >= 11 is 0. The second-order valence-corrected chi connectivity index (χ2v) is 9.57. The van der Waals surface area contributed by atoms with Crippen molar-refractivity contribution in [3.8, 4) is 0 Å². The molecule has 2 heterocycles. The van der Waals surface area contributed by atoms with Gasteiger partial charge in [-0.2, -0.15) is 0 Å². The molecule has 114 valence electrons. The Morgan fingerprint density at radius 2 is 1.70 bits per heavy atom. The largest absolute Gasteiger partial charge is 0.302 e. The number of hydrogen-bond acceptors (Lipinski definition) is 2. The summed E-state index contributed by atoms with van der Waals surface area (Å²) in [5.74, 6) is 0. The van der Waals surface area contributed by atoms with Gasteiger partial charge in [-0.05, 0) is 58.8 Å². The molecule has 1 spiro atoms. The van der Waals surface area contributed by atoms with Crippen LogP contribution in [-0.4, -0.2) is 47.1 Å². The number of rotatable bonds is 2. The molecule has 4 rings (SSSR count). The lowest BCUT2D eigenvalue weighted by molar-refractivity contribution is -0.00873. The molecule has 3 atom stereocenters. The maximum atomic E-state index is 2.82. The standard InChI is InChI=1S/C18H32N2/c1-14-9-18(10-15(18)20(14)16(2,3)4)13-19-11-17(12-19)7-5-6-8-17/h14-15H,5-13H2,1-4H3/t14-,15+,18-/m1/s1. The van der Waals surface area contributed by atoms with Crippen LogP contribution in [0, 0.1) is 10.8 Å². The lowest BCUT2D eigenvalue weighted by Crippen LogP contribution is -2.56. The summed E-state index contributed by atoms with van der Waals surface area (Å²) in [4.78, 5) is 5.61. The van der Waals surface area contributed by atoms with Crippen molar-refractivity contribution in [2.45, 2.75) is 83.8 Å². The van der Waals surface area contributed by atoms with Crippen molar-refractivity contribution >= 4 is 0 Å². The first kappa shape index (κ1) is 13.6. The summed E-state index contributed by atoms with van der Waals surface area (Å²) in [6, 6.07) is 1.67. The van der Waals surface area contributed by atoms with Crippen LogP contribution in [0.3, 0.4) is 0 Å². The highest BCUT2D eigenvalue weighted by molar-refractivity contribution is 5.20. The summed E-state index contributed by atoms with van der Waals surface area (Å²) < 4.78 is 0. The Hall–Kier alpha value is -0.0800. The zero-order valence-corrected chi connectivity index (χ0v) is 13.9. The number of nitrogens with zero attached hydrogens (tertiary/aromatic N) is 2. The van der Waals surface area contributed by atoms with Gasteiger partial charge in [0.15, 0.2) is 0 Å². The van der Waals surface area contributed by atoms with E-state index in [4.69, 9.17) is 0 Å². The quantitative estimate of drug-likeness (QED) is 0.761. The first-order valence-electron chi connectivity index (χ1n) is 8.85. The predicted molar refractivity (Wildman–Crippen MR) is 83.9 cm³/mol. The van der Waals surface area contributed by atoms with Crippen molar-refractivity contribution in [1.82, 2.24) is 9.80 Å². The zero-order valence-electron chi connectivity index (χ0n) is 13.9. The van der Waals surface area contributed by atoms with Crippen LogP contribution in [0.1, 0.15) is 66.2 Å². The van der Waals surface area contributed by atoms with Crippen molar-refractivity contribution in [1.29, 1.82) is 0 Å². The highest BCUT2D eigenvalue weighted by Crippen LogP contribution is 2.62. The third-order valence-electron chi connectivity index (χ3n) is 6.75. The van der Waals surface area contributed by atoms with Crippen molar-refractivity contribution in [3.63, 3.8) is 0 Å². The van der Waals surface area contributed by atoms with Gasteiger partial charge in [-0.1, -0.05) is 12.8 Å². The van der Waals surface area contributed by atoms with Crippen LogP contribution in [0.25, 0.3) is 0 Å². The average Bonchev–Trinajstić information content (AvgIpc) is 2.71. The van der Waals surface area contributed by atoms with Gasteiger partial charge in [-0.3, -0.25) is 4.90 Å². The predicted octanol–water partition coefficient (Wildman–Crippen LogP) is 3.51. The first-order valence-corrected chi connectivity index (χ1v) is 8.85. The summed E-state index contributed by atoms with van der Waals surface area (Å²) in [6.07, 6.45) is 8.94. The molecular weight excluding hydrogens is 244 g/mol. The monoisotopic (exact) mass is 276 g/mol. The van der Waals surface area contributed by atoms with E-state index < -0.39 is 0 Å². The van der Waals surface area contributed by atoms with E-state index in [1.54, 1.807) is 0 Å². The Kier molecular flexibility index (Phi) is 2.72. The molecule has 0 aromatic carbocycles. The lowest BCUT2D eigenvalue weighted by atomic mass is 9.77. The van der Waals surface area contributed by atoms with Crippen LogP contribution in [0.15, 0.2) is 0 Å². The lowest BCUT2D eigenvalue weighted by Gasteiger charge is -2.49. The van der Waals surface area contributed by atoms with Gasteiger partial charge < -0.3 is 4.90 Å². The Morgan fingerprint density at radius 3 is 2.25 bits per heavy atom. The minimum atomic E-state index is 0.351. The fourth-order valence-corrected chi connectivity index (χ4v) is 6.20. The SMILES string of the molecule is C[C@@H]1C[C@]2(CN3CC4(CCCC4)C3)C[C@@H]2N1C(C)(C)C. The second kappa shape index (κ2) is 4.01. The molecule has 0 aromatic heterocycles. The van der Waals surface area contributed by atoms with Gasteiger partial charge in [0, 0.05) is 42.7 Å². The summed E-state index contributed by atoms with van der Waals surface area (Å²) in [6.45, 7) is 13.9. The molecule has 0 radical (unpaired) electrons. The van der Waals surface area contributed by atoms with Crippen molar-refractivity contribution in [3.05, 3.63) is 0 Å². The molecular formula is C18H32N2. The van der Waals surface area contributed by atoms with E-state index in [0.29, 0.717) is 11.0 Å². The van der Waals surface area contributed by atoms with E-state index in [1.807, 2.05) is 0 Å². The smallest absolute Gasteiger partial charge is 0.0179 e.